The van der Waals surface area contributed by atoms with E-state index >= 15 is 0 Å². The Balaban J connectivity index is 0.00000154. The smallest absolute Gasteiger partial charge is 0.335 e. The molecule has 0 saturated heterocycles. The van der Waals surface area contributed by atoms with Crippen LogP contribution in [0.5, 0.6) is 0 Å². The minimum Gasteiger partial charge on any atom is -0.478 e. The van der Waals surface area contributed by atoms with Crippen molar-refractivity contribution in [3.05, 3.63) is 48.0 Å². The maximum Gasteiger partial charge on any atom is 0.335 e. The molecular formula is C15H20O4. The van der Waals surface area contributed by atoms with E-state index < -0.39 is 11.9 Å². The number of carboxylic acids is 2. The number of hydrogen-bond donors (Lipinski definition) is 2. The summed E-state index contributed by atoms with van der Waals surface area (Å²) in [7, 11) is 0. The van der Waals surface area contributed by atoms with Gasteiger partial charge in [0, 0.05) is 0 Å². The van der Waals surface area contributed by atoms with Crippen LogP contribution in [0.1, 0.15) is 47.1 Å². The average molecular weight is 264 g/mol. The van der Waals surface area contributed by atoms with E-state index in [1.165, 1.54) is 18.2 Å². The molecule has 0 heterocycles. The minimum absolute atomic E-state index is 0.0959. The van der Waals surface area contributed by atoms with Crippen molar-refractivity contribution >= 4 is 11.9 Å². The molecule has 19 heavy (non-hydrogen) atoms. The topological polar surface area (TPSA) is 74.6 Å². The SMILES string of the molecule is C=C.CC(C)(C)Cc1cc(C(=O)O)ccc1C(=O)O. The second kappa shape index (κ2) is 6.73. The Hall–Kier alpha value is -2.10. The Morgan fingerprint density at radius 3 is 2.00 bits per heavy atom. The summed E-state index contributed by atoms with van der Waals surface area (Å²) < 4.78 is 0. The van der Waals surface area contributed by atoms with Crippen LogP contribution in [0.2, 0.25) is 0 Å². The first-order chi connectivity index (χ1) is 8.70. The summed E-state index contributed by atoms with van der Waals surface area (Å²) in [6, 6.07) is 4.11. The Morgan fingerprint density at radius 2 is 1.63 bits per heavy atom. The number of carbonyl (C=O) groups is 2. The lowest BCUT2D eigenvalue weighted by molar-refractivity contribution is 0.0679. The summed E-state index contributed by atoms with van der Waals surface area (Å²) in [5.41, 5.74) is 0.755. The molecule has 0 atom stereocenters. The van der Waals surface area contributed by atoms with Crippen molar-refractivity contribution in [2.75, 3.05) is 0 Å². The Bertz CT molecular complexity index is 470. The van der Waals surface area contributed by atoms with Gasteiger partial charge in [0.25, 0.3) is 0 Å². The molecule has 4 heteroatoms. The summed E-state index contributed by atoms with van der Waals surface area (Å²) in [5.74, 6) is -2.07. The monoisotopic (exact) mass is 264 g/mol. The zero-order valence-electron chi connectivity index (χ0n) is 11.6. The maximum absolute atomic E-state index is 11.0. The van der Waals surface area contributed by atoms with Gasteiger partial charge in [-0.2, -0.15) is 0 Å². The number of benzene rings is 1. The zero-order valence-corrected chi connectivity index (χ0v) is 11.6. The number of hydrogen-bond acceptors (Lipinski definition) is 2. The van der Waals surface area contributed by atoms with Crippen LogP contribution in [0.15, 0.2) is 31.4 Å². The van der Waals surface area contributed by atoms with Gasteiger partial charge in [0.05, 0.1) is 11.1 Å². The average Bonchev–Trinajstić information content (AvgIpc) is 2.28. The van der Waals surface area contributed by atoms with Crippen LogP contribution in [0.4, 0.5) is 0 Å². The standard InChI is InChI=1S/C13H16O4.C2H4/c1-13(2,3)7-9-6-8(11(14)15)4-5-10(9)12(16)17;1-2/h4-6H,7H2,1-3H3,(H,14,15)(H,16,17);1-2H2. The maximum atomic E-state index is 11.0. The van der Waals surface area contributed by atoms with Crippen LogP contribution in [0.25, 0.3) is 0 Å². The van der Waals surface area contributed by atoms with Gasteiger partial charge in [-0.3, -0.25) is 0 Å². The molecule has 0 unspecified atom stereocenters. The number of carboxylic acid groups (broad SMARTS) is 2. The van der Waals surface area contributed by atoms with Crippen LogP contribution in [0, 0.1) is 5.41 Å². The van der Waals surface area contributed by atoms with Crippen molar-refractivity contribution in [2.45, 2.75) is 27.2 Å². The molecule has 0 fully saturated rings. The Kier molecular flexibility index (Phi) is 5.99. The fraction of sp³-hybridized carbons (Fsp3) is 0.333. The Labute approximate surface area is 113 Å². The highest BCUT2D eigenvalue weighted by Gasteiger charge is 2.18. The molecule has 0 spiro atoms. The summed E-state index contributed by atoms with van der Waals surface area (Å²) in [4.78, 5) is 21.9. The molecule has 0 saturated carbocycles. The summed E-state index contributed by atoms with van der Waals surface area (Å²) in [6.45, 7) is 11.9. The van der Waals surface area contributed by atoms with E-state index in [1.807, 2.05) is 20.8 Å². The lowest BCUT2D eigenvalue weighted by Crippen LogP contribution is -2.14. The van der Waals surface area contributed by atoms with E-state index in [-0.39, 0.29) is 16.5 Å². The first-order valence-electron chi connectivity index (χ1n) is 5.80. The fourth-order valence-electron chi connectivity index (χ4n) is 1.65. The van der Waals surface area contributed by atoms with E-state index in [1.54, 1.807) is 0 Å². The third kappa shape index (κ3) is 5.38. The summed E-state index contributed by atoms with van der Waals surface area (Å²) in [5, 5.41) is 17.9. The van der Waals surface area contributed by atoms with Gasteiger partial charge in [0.1, 0.15) is 0 Å². The van der Waals surface area contributed by atoms with Gasteiger partial charge in [-0.15, -0.1) is 13.2 Å². The molecular weight excluding hydrogens is 244 g/mol. The zero-order chi connectivity index (χ0) is 15.2. The highest BCUT2D eigenvalue weighted by Crippen LogP contribution is 2.24. The van der Waals surface area contributed by atoms with E-state index in [9.17, 15) is 9.59 Å². The third-order valence-corrected chi connectivity index (χ3v) is 2.30. The van der Waals surface area contributed by atoms with Gasteiger partial charge in [-0.1, -0.05) is 20.8 Å². The molecule has 0 aliphatic carbocycles. The molecule has 0 aliphatic rings. The number of aromatic carboxylic acids is 2. The van der Waals surface area contributed by atoms with E-state index in [0.717, 1.165) is 0 Å². The highest BCUT2D eigenvalue weighted by molar-refractivity contribution is 5.93. The molecule has 4 nitrogen and oxygen atoms in total. The van der Waals surface area contributed by atoms with Gasteiger partial charge in [-0.25, -0.2) is 9.59 Å². The lowest BCUT2D eigenvalue weighted by Gasteiger charge is -2.19. The second-order valence-corrected chi connectivity index (χ2v) is 5.22. The molecule has 104 valence electrons. The third-order valence-electron chi connectivity index (χ3n) is 2.30. The first kappa shape index (κ1) is 16.9. The van der Waals surface area contributed by atoms with E-state index in [0.29, 0.717) is 12.0 Å². The Morgan fingerprint density at radius 1 is 1.11 bits per heavy atom. The van der Waals surface area contributed by atoms with Crippen LogP contribution in [-0.4, -0.2) is 22.2 Å². The quantitative estimate of drug-likeness (QED) is 0.820. The van der Waals surface area contributed by atoms with Crippen molar-refractivity contribution in [3.63, 3.8) is 0 Å². The normalized spacial score (nSPS) is 10.3. The van der Waals surface area contributed by atoms with Crippen LogP contribution < -0.4 is 0 Å². The van der Waals surface area contributed by atoms with Gasteiger partial charge in [0.15, 0.2) is 0 Å². The second-order valence-electron chi connectivity index (χ2n) is 5.22. The van der Waals surface area contributed by atoms with Crippen molar-refractivity contribution in [2.24, 2.45) is 5.41 Å². The molecule has 0 bridgehead atoms. The molecule has 0 radical (unpaired) electrons. The van der Waals surface area contributed by atoms with Crippen molar-refractivity contribution in [1.29, 1.82) is 0 Å². The highest BCUT2D eigenvalue weighted by atomic mass is 16.4. The lowest BCUT2D eigenvalue weighted by atomic mass is 9.85. The predicted octanol–water partition coefficient (Wildman–Crippen LogP) is 3.47. The van der Waals surface area contributed by atoms with Crippen molar-refractivity contribution in [3.8, 4) is 0 Å². The molecule has 1 aromatic carbocycles. The first-order valence-corrected chi connectivity index (χ1v) is 5.80. The van der Waals surface area contributed by atoms with Crippen LogP contribution >= 0.6 is 0 Å². The molecule has 1 rings (SSSR count). The van der Waals surface area contributed by atoms with Gasteiger partial charge < -0.3 is 10.2 Å². The van der Waals surface area contributed by atoms with Crippen LogP contribution in [-0.2, 0) is 6.42 Å². The van der Waals surface area contributed by atoms with E-state index in [2.05, 4.69) is 13.2 Å². The summed E-state index contributed by atoms with van der Waals surface area (Å²) >= 11 is 0. The molecule has 1 aromatic rings. The van der Waals surface area contributed by atoms with Crippen LogP contribution in [0.3, 0.4) is 0 Å². The van der Waals surface area contributed by atoms with E-state index in [4.69, 9.17) is 10.2 Å². The molecule has 2 N–H and O–H groups in total. The molecule has 0 aromatic heterocycles. The van der Waals surface area contributed by atoms with Gasteiger partial charge in [-0.05, 0) is 35.6 Å². The molecule has 0 amide bonds. The minimum atomic E-state index is -1.04. The summed E-state index contributed by atoms with van der Waals surface area (Å²) in [6.07, 6.45) is 0.524. The van der Waals surface area contributed by atoms with Gasteiger partial charge in [0.2, 0.25) is 0 Å². The predicted molar refractivity (Wildman–Crippen MR) is 74.8 cm³/mol. The van der Waals surface area contributed by atoms with Crippen molar-refractivity contribution in [1.82, 2.24) is 0 Å². The fourth-order valence-corrected chi connectivity index (χ4v) is 1.65. The number of rotatable bonds is 3. The molecule has 0 aliphatic heterocycles. The largest absolute Gasteiger partial charge is 0.478 e. The van der Waals surface area contributed by atoms with Crippen molar-refractivity contribution < 1.29 is 19.8 Å². The van der Waals surface area contributed by atoms with Gasteiger partial charge >= 0.3 is 11.9 Å².